The molecule has 1 fully saturated rings. The molecule has 2 heterocycles. The third kappa shape index (κ3) is 3.53. The SMILES string of the molecule is O=C1C[C@@H](N2CC=C(c3ccc(F)cc3)CC2)C(=O)N1c1ccc(Cl)cc1. The van der Waals surface area contributed by atoms with E-state index in [-0.39, 0.29) is 24.1 Å². The van der Waals surface area contributed by atoms with Gasteiger partial charge in [0.05, 0.1) is 18.2 Å². The van der Waals surface area contributed by atoms with E-state index in [0.29, 0.717) is 23.8 Å². The summed E-state index contributed by atoms with van der Waals surface area (Å²) in [4.78, 5) is 28.6. The molecule has 138 valence electrons. The Hall–Kier alpha value is -2.50. The number of halogens is 2. The van der Waals surface area contributed by atoms with E-state index in [4.69, 9.17) is 11.6 Å². The summed E-state index contributed by atoms with van der Waals surface area (Å²) >= 11 is 5.89. The van der Waals surface area contributed by atoms with Crippen LogP contribution in [0.5, 0.6) is 0 Å². The minimum absolute atomic E-state index is 0.182. The molecule has 4 nitrogen and oxygen atoms in total. The normalized spacial score (nSPS) is 20.9. The fourth-order valence-corrected chi connectivity index (χ4v) is 3.78. The number of carbonyl (C=O) groups excluding carboxylic acids is 2. The molecule has 6 heteroatoms. The monoisotopic (exact) mass is 384 g/mol. The van der Waals surface area contributed by atoms with Crippen molar-refractivity contribution in [3.63, 3.8) is 0 Å². The van der Waals surface area contributed by atoms with Crippen molar-refractivity contribution in [1.29, 1.82) is 0 Å². The third-order valence-corrected chi connectivity index (χ3v) is 5.36. The van der Waals surface area contributed by atoms with Gasteiger partial charge in [-0.15, -0.1) is 0 Å². The van der Waals surface area contributed by atoms with Crippen LogP contribution >= 0.6 is 11.6 Å². The van der Waals surface area contributed by atoms with E-state index in [0.717, 1.165) is 17.6 Å². The van der Waals surface area contributed by atoms with Crippen LogP contribution in [-0.2, 0) is 9.59 Å². The van der Waals surface area contributed by atoms with Crippen molar-refractivity contribution in [1.82, 2.24) is 4.90 Å². The summed E-state index contributed by atoms with van der Waals surface area (Å²) < 4.78 is 13.1. The van der Waals surface area contributed by atoms with Crippen molar-refractivity contribution in [2.75, 3.05) is 18.0 Å². The molecule has 1 atom stereocenters. The van der Waals surface area contributed by atoms with Gasteiger partial charge in [-0.25, -0.2) is 9.29 Å². The van der Waals surface area contributed by atoms with Gasteiger partial charge in [0.1, 0.15) is 5.82 Å². The van der Waals surface area contributed by atoms with Crippen molar-refractivity contribution in [3.8, 4) is 0 Å². The molecule has 2 aromatic carbocycles. The van der Waals surface area contributed by atoms with Gasteiger partial charge in [0, 0.05) is 18.1 Å². The van der Waals surface area contributed by atoms with Crippen LogP contribution in [0.2, 0.25) is 5.02 Å². The number of nitrogens with zero attached hydrogens (tertiary/aromatic N) is 2. The fourth-order valence-electron chi connectivity index (χ4n) is 3.66. The second-order valence-electron chi connectivity index (χ2n) is 6.74. The molecule has 4 rings (SSSR count). The van der Waals surface area contributed by atoms with E-state index in [2.05, 4.69) is 6.08 Å². The van der Waals surface area contributed by atoms with Gasteiger partial charge in [0.15, 0.2) is 0 Å². The first-order valence-electron chi connectivity index (χ1n) is 8.84. The van der Waals surface area contributed by atoms with Gasteiger partial charge in [0.25, 0.3) is 5.91 Å². The van der Waals surface area contributed by atoms with E-state index >= 15 is 0 Å². The maximum atomic E-state index is 13.1. The quantitative estimate of drug-likeness (QED) is 0.753. The minimum atomic E-state index is -0.445. The Labute approximate surface area is 161 Å². The Kier molecular flexibility index (Phi) is 4.81. The molecule has 0 bridgehead atoms. The second kappa shape index (κ2) is 7.25. The molecule has 27 heavy (non-hydrogen) atoms. The zero-order valence-corrected chi connectivity index (χ0v) is 15.3. The van der Waals surface area contributed by atoms with Gasteiger partial charge in [-0.05, 0) is 54.0 Å². The molecule has 0 aromatic heterocycles. The summed E-state index contributed by atoms with van der Waals surface area (Å²) in [5.41, 5.74) is 2.68. The lowest BCUT2D eigenvalue weighted by Crippen LogP contribution is -2.44. The Morgan fingerprint density at radius 2 is 1.70 bits per heavy atom. The first kappa shape index (κ1) is 17.9. The maximum Gasteiger partial charge on any atom is 0.251 e. The molecule has 0 aliphatic carbocycles. The highest BCUT2D eigenvalue weighted by Crippen LogP contribution is 2.30. The average molecular weight is 385 g/mol. The highest BCUT2D eigenvalue weighted by atomic mass is 35.5. The molecule has 0 radical (unpaired) electrons. The largest absolute Gasteiger partial charge is 0.287 e. The summed E-state index contributed by atoms with van der Waals surface area (Å²) in [5, 5.41) is 0.559. The molecule has 0 spiro atoms. The predicted octanol–water partition coefficient (Wildman–Crippen LogP) is 3.90. The molecule has 1 saturated heterocycles. The van der Waals surface area contributed by atoms with Crippen LogP contribution in [-0.4, -0.2) is 35.8 Å². The van der Waals surface area contributed by atoms with Crippen LogP contribution in [0.4, 0.5) is 10.1 Å². The number of amides is 2. The predicted molar refractivity (Wildman–Crippen MR) is 103 cm³/mol. The van der Waals surface area contributed by atoms with Gasteiger partial charge in [-0.3, -0.25) is 14.5 Å². The highest BCUT2D eigenvalue weighted by Gasteiger charge is 2.42. The van der Waals surface area contributed by atoms with Crippen LogP contribution in [0.1, 0.15) is 18.4 Å². The van der Waals surface area contributed by atoms with Crippen LogP contribution in [0.15, 0.2) is 54.6 Å². The van der Waals surface area contributed by atoms with Crippen molar-refractivity contribution in [2.24, 2.45) is 0 Å². The number of carbonyl (C=O) groups is 2. The standard InChI is InChI=1S/C21H18ClFN2O2/c22-16-3-7-18(8-4-16)25-20(26)13-19(21(25)27)24-11-9-15(10-12-24)14-1-5-17(23)6-2-14/h1-9,19H,10-13H2/t19-/m1/s1. The number of imide groups is 1. The fraction of sp³-hybridized carbons (Fsp3) is 0.238. The molecule has 2 aliphatic heterocycles. The molecule has 0 N–H and O–H groups in total. The lowest BCUT2D eigenvalue weighted by atomic mass is 9.98. The molecular formula is C21H18ClFN2O2. The van der Waals surface area contributed by atoms with Crippen LogP contribution in [0.25, 0.3) is 5.57 Å². The molecule has 2 amide bonds. The van der Waals surface area contributed by atoms with Crippen LogP contribution < -0.4 is 4.90 Å². The molecular weight excluding hydrogens is 367 g/mol. The second-order valence-corrected chi connectivity index (χ2v) is 7.18. The van der Waals surface area contributed by atoms with Crippen molar-refractivity contribution >= 4 is 34.7 Å². The van der Waals surface area contributed by atoms with E-state index in [1.807, 2.05) is 4.90 Å². The van der Waals surface area contributed by atoms with Crippen molar-refractivity contribution in [2.45, 2.75) is 18.9 Å². The van der Waals surface area contributed by atoms with Gasteiger partial charge in [-0.1, -0.05) is 29.8 Å². The van der Waals surface area contributed by atoms with E-state index in [1.54, 1.807) is 36.4 Å². The summed E-state index contributed by atoms with van der Waals surface area (Å²) in [6, 6.07) is 12.7. The van der Waals surface area contributed by atoms with Crippen molar-refractivity contribution < 1.29 is 14.0 Å². The van der Waals surface area contributed by atoms with E-state index < -0.39 is 6.04 Å². The average Bonchev–Trinajstić information content (AvgIpc) is 2.98. The Morgan fingerprint density at radius 3 is 2.33 bits per heavy atom. The third-order valence-electron chi connectivity index (χ3n) is 5.10. The molecule has 2 aromatic rings. The van der Waals surface area contributed by atoms with Crippen LogP contribution in [0, 0.1) is 5.82 Å². The van der Waals surface area contributed by atoms with Gasteiger partial charge in [0.2, 0.25) is 5.91 Å². The molecule has 0 saturated carbocycles. The zero-order valence-electron chi connectivity index (χ0n) is 14.6. The maximum absolute atomic E-state index is 13.1. The highest BCUT2D eigenvalue weighted by molar-refractivity contribution is 6.30. The summed E-state index contributed by atoms with van der Waals surface area (Å²) in [5.74, 6) is -0.643. The first-order chi connectivity index (χ1) is 13.0. The summed E-state index contributed by atoms with van der Waals surface area (Å²) in [7, 11) is 0. The van der Waals surface area contributed by atoms with E-state index in [9.17, 15) is 14.0 Å². The number of hydrogen-bond acceptors (Lipinski definition) is 3. The zero-order chi connectivity index (χ0) is 19.0. The minimum Gasteiger partial charge on any atom is -0.287 e. The summed E-state index contributed by atoms with van der Waals surface area (Å²) in [6.07, 6.45) is 2.99. The van der Waals surface area contributed by atoms with Gasteiger partial charge in [-0.2, -0.15) is 0 Å². The van der Waals surface area contributed by atoms with Crippen molar-refractivity contribution in [3.05, 3.63) is 71.0 Å². The topological polar surface area (TPSA) is 40.6 Å². The Bertz CT molecular complexity index is 909. The van der Waals surface area contributed by atoms with E-state index in [1.165, 1.54) is 17.0 Å². The van der Waals surface area contributed by atoms with Crippen LogP contribution in [0.3, 0.4) is 0 Å². The first-order valence-corrected chi connectivity index (χ1v) is 9.22. The van der Waals surface area contributed by atoms with Gasteiger partial charge >= 0.3 is 0 Å². The lowest BCUT2D eigenvalue weighted by molar-refractivity contribution is -0.122. The summed E-state index contributed by atoms with van der Waals surface area (Å²) in [6.45, 7) is 1.27. The molecule has 2 aliphatic rings. The lowest BCUT2D eigenvalue weighted by Gasteiger charge is -2.30. The smallest absolute Gasteiger partial charge is 0.251 e. The number of rotatable bonds is 3. The Balaban J connectivity index is 1.48. The number of anilines is 1. The Morgan fingerprint density at radius 1 is 1.00 bits per heavy atom. The number of benzene rings is 2. The molecule has 0 unspecified atom stereocenters. The number of hydrogen-bond donors (Lipinski definition) is 0. The van der Waals surface area contributed by atoms with Gasteiger partial charge < -0.3 is 0 Å².